The molecule has 102 valence electrons. The second-order valence-electron chi connectivity index (χ2n) is 4.57. The van der Waals surface area contributed by atoms with Crippen LogP contribution in [-0.4, -0.2) is 35.9 Å². The van der Waals surface area contributed by atoms with Crippen molar-refractivity contribution < 1.29 is 4.79 Å². The molecule has 1 rings (SSSR count). The minimum absolute atomic E-state index is 0.0935. The summed E-state index contributed by atoms with van der Waals surface area (Å²) in [6, 6.07) is 5.55. The predicted octanol–water partition coefficient (Wildman–Crippen LogP) is 2.14. The highest BCUT2D eigenvalue weighted by Crippen LogP contribution is 2.10. The number of nitrogens with one attached hydrogen (secondary N) is 1. The summed E-state index contributed by atoms with van der Waals surface area (Å²) in [6.07, 6.45) is 2.62. The van der Waals surface area contributed by atoms with E-state index < -0.39 is 0 Å². The van der Waals surface area contributed by atoms with Crippen LogP contribution in [0.4, 0.5) is 5.82 Å². The third-order valence-electron chi connectivity index (χ3n) is 2.68. The van der Waals surface area contributed by atoms with Gasteiger partial charge in [0, 0.05) is 31.9 Å². The first-order valence-corrected chi connectivity index (χ1v) is 6.43. The molecule has 5 heteroatoms. The number of nitrogens with zero attached hydrogens (tertiary/aromatic N) is 3. The molecule has 19 heavy (non-hydrogen) atoms. The molecule has 0 aliphatic heterocycles. The molecule has 1 amide bonds. The molecule has 1 unspecified atom stereocenters. The van der Waals surface area contributed by atoms with Gasteiger partial charge in [0.05, 0.1) is 12.0 Å². The van der Waals surface area contributed by atoms with Gasteiger partial charge in [0.25, 0.3) is 5.91 Å². The molecule has 0 aliphatic rings. The molecule has 0 fully saturated rings. The number of anilines is 1. The highest BCUT2D eigenvalue weighted by molar-refractivity contribution is 5.94. The fourth-order valence-corrected chi connectivity index (χ4v) is 1.67. The Balaban J connectivity index is 2.73. The lowest BCUT2D eigenvalue weighted by molar-refractivity contribution is 0.0785. The lowest BCUT2D eigenvalue weighted by atomic mass is 10.1. The van der Waals surface area contributed by atoms with E-state index in [4.69, 9.17) is 5.26 Å². The SMILES string of the molecule is CCCNc1cc(C(=O)N(C)CC(C)C#N)ccn1. The van der Waals surface area contributed by atoms with E-state index in [0.717, 1.165) is 13.0 Å². The van der Waals surface area contributed by atoms with Gasteiger partial charge in [-0.2, -0.15) is 5.26 Å². The standard InChI is InChI=1S/C14H20N4O/c1-4-6-16-13-8-12(5-7-17-13)14(19)18(3)10-11(2)9-15/h5,7-8,11H,4,6,10H2,1-3H3,(H,16,17). The van der Waals surface area contributed by atoms with E-state index in [1.165, 1.54) is 0 Å². The Labute approximate surface area is 114 Å². The number of aromatic nitrogens is 1. The van der Waals surface area contributed by atoms with Gasteiger partial charge in [-0.05, 0) is 25.5 Å². The summed E-state index contributed by atoms with van der Waals surface area (Å²) in [6.45, 7) is 5.12. The summed E-state index contributed by atoms with van der Waals surface area (Å²) in [5, 5.41) is 11.9. The Morgan fingerprint density at radius 1 is 1.63 bits per heavy atom. The third-order valence-corrected chi connectivity index (χ3v) is 2.68. The van der Waals surface area contributed by atoms with Gasteiger partial charge in [-0.25, -0.2) is 4.98 Å². The zero-order valence-electron chi connectivity index (χ0n) is 11.7. The van der Waals surface area contributed by atoms with E-state index in [9.17, 15) is 4.79 Å². The van der Waals surface area contributed by atoms with E-state index in [1.807, 2.05) is 0 Å². The number of nitriles is 1. The average Bonchev–Trinajstić information content (AvgIpc) is 2.44. The molecular formula is C14H20N4O. The minimum Gasteiger partial charge on any atom is -0.370 e. The zero-order chi connectivity index (χ0) is 14.3. The molecule has 1 aromatic heterocycles. The maximum atomic E-state index is 12.2. The Bertz CT molecular complexity index is 467. The molecule has 0 bridgehead atoms. The summed E-state index contributed by atoms with van der Waals surface area (Å²) in [5.41, 5.74) is 0.584. The van der Waals surface area contributed by atoms with Crippen molar-refractivity contribution in [3.8, 4) is 6.07 Å². The first-order valence-electron chi connectivity index (χ1n) is 6.43. The van der Waals surface area contributed by atoms with Crippen molar-refractivity contribution in [3.63, 3.8) is 0 Å². The van der Waals surface area contributed by atoms with Gasteiger partial charge in [0.2, 0.25) is 0 Å². The summed E-state index contributed by atoms with van der Waals surface area (Å²) in [4.78, 5) is 17.9. The van der Waals surface area contributed by atoms with E-state index in [0.29, 0.717) is 17.9 Å². The number of pyridine rings is 1. The largest absolute Gasteiger partial charge is 0.370 e. The second kappa shape index (κ2) is 7.37. The van der Waals surface area contributed by atoms with Crippen LogP contribution in [0, 0.1) is 17.2 Å². The molecule has 5 nitrogen and oxygen atoms in total. The predicted molar refractivity (Wildman–Crippen MR) is 74.8 cm³/mol. The van der Waals surface area contributed by atoms with Crippen molar-refractivity contribution in [1.29, 1.82) is 5.26 Å². The fourth-order valence-electron chi connectivity index (χ4n) is 1.67. The normalized spacial score (nSPS) is 11.5. The van der Waals surface area contributed by atoms with Gasteiger partial charge in [-0.1, -0.05) is 6.92 Å². The Kier molecular flexibility index (Phi) is 5.80. The van der Waals surface area contributed by atoms with Gasteiger partial charge in [0.1, 0.15) is 5.82 Å². The van der Waals surface area contributed by atoms with Gasteiger partial charge in [-0.3, -0.25) is 4.79 Å². The Hall–Kier alpha value is -2.09. The van der Waals surface area contributed by atoms with Crippen molar-refractivity contribution in [2.45, 2.75) is 20.3 Å². The van der Waals surface area contributed by atoms with Crippen molar-refractivity contribution in [3.05, 3.63) is 23.9 Å². The minimum atomic E-state index is -0.173. The van der Waals surface area contributed by atoms with Crippen LogP contribution in [0.5, 0.6) is 0 Å². The van der Waals surface area contributed by atoms with Gasteiger partial charge in [0.15, 0.2) is 0 Å². The molecule has 0 saturated heterocycles. The number of hydrogen-bond acceptors (Lipinski definition) is 4. The molecule has 0 aliphatic carbocycles. The summed E-state index contributed by atoms with van der Waals surface area (Å²) in [5.74, 6) is 0.437. The average molecular weight is 260 g/mol. The van der Waals surface area contributed by atoms with Gasteiger partial charge >= 0.3 is 0 Å². The van der Waals surface area contributed by atoms with E-state index >= 15 is 0 Å². The van der Waals surface area contributed by atoms with Crippen molar-refractivity contribution >= 4 is 11.7 Å². The van der Waals surface area contributed by atoms with Crippen LogP contribution in [0.3, 0.4) is 0 Å². The van der Waals surface area contributed by atoms with Crippen LogP contribution in [0.15, 0.2) is 18.3 Å². The second-order valence-corrected chi connectivity index (χ2v) is 4.57. The molecule has 1 atom stereocenters. The van der Waals surface area contributed by atoms with Crippen LogP contribution >= 0.6 is 0 Å². The fraction of sp³-hybridized carbons (Fsp3) is 0.500. The summed E-state index contributed by atoms with van der Waals surface area (Å²) in [7, 11) is 1.70. The number of hydrogen-bond donors (Lipinski definition) is 1. The lowest BCUT2D eigenvalue weighted by Crippen LogP contribution is -2.30. The maximum absolute atomic E-state index is 12.2. The number of rotatable bonds is 6. The number of carbonyl (C=O) groups is 1. The van der Waals surface area contributed by atoms with Crippen molar-refractivity contribution in [1.82, 2.24) is 9.88 Å². The maximum Gasteiger partial charge on any atom is 0.253 e. The number of amides is 1. The molecule has 0 saturated carbocycles. The smallest absolute Gasteiger partial charge is 0.253 e. The van der Waals surface area contributed by atoms with Crippen LogP contribution < -0.4 is 5.32 Å². The molecule has 1 aromatic rings. The lowest BCUT2D eigenvalue weighted by Gasteiger charge is -2.18. The monoisotopic (exact) mass is 260 g/mol. The molecule has 1 heterocycles. The molecule has 1 N–H and O–H groups in total. The van der Waals surface area contributed by atoms with E-state index in [1.54, 1.807) is 37.2 Å². The number of carbonyl (C=O) groups excluding carboxylic acids is 1. The third kappa shape index (κ3) is 4.59. The molecule has 0 spiro atoms. The van der Waals surface area contributed by atoms with Crippen LogP contribution in [0.25, 0.3) is 0 Å². The zero-order valence-corrected chi connectivity index (χ0v) is 11.7. The Morgan fingerprint density at radius 3 is 3.00 bits per heavy atom. The molecule has 0 radical (unpaired) electrons. The molecule has 0 aromatic carbocycles. The quantitative estimate of drug-likeness (QED) is 0.850. The van der Waals surface area contributed by atoms with Crippen LogP contribution in [0.2, 0.25) is 0 Å². The first-order chi connectivity index (χ1) is 9.08. The van der Waals surface area contributed by atoms with E-state index in [2.05, 4.69) is 23.3 Å². The summed E-state index contributed by atoms with van der Waals surface area (Å²) < 4.78 is 0. The topological polar surface area (TPSA) is 69.0 Å². The first kappa shape index (κ1) is 15.0. The van der Waals surface area contributed by atoms with Crippen LogP contribution in [0.1, 0.15) is 30.6 Å². The summed E-state index contributed by atoms with van der Waals surface area (Å²) >= 11 is 0. The Morgan fingerprint density at radius 2 is 2.37 bits per heavy atom. The van der Waals surface area contributed by atoms with Crippen molar-refractivity contribution in [2.75, 3.05) is 25.5 Å². The van der Waals surface area contributed by atoms with E-state index in [-0.39, 0.29) is 11.8 Å². The van der Waals surface area contributed by atoms with Crippen LogP contribution in [-0.2, 0) is 0 Å². The highest BCUT2D eigenvalue weighted by atomic mass is 16.2. The van der Waals surface area contributed by atoms with Gasteiger partial charge in [-0.15, -0.1) is 0 Å². The van der Waals surface area contributed by atoms with Gasteiger partial charge < -0.3 is 10.2 Å². The molecular weight excluding hydrogens is 240 g/mol. The highest BCUT2D eigenvalue weighted by Gasteiger charge is 2.14. The van der Waals surface area contributed by atoms with Crippen molar-refractivity contribution in [2.24, 2.45) is 5.92 Å².